The predicted molar refractivity (Wildman–Crippen MR) is 134 cm³/mol. The summed E-state index contributed by atoms with van der Waals surface area (Å²) in [5.41, 5.74) is 2.29. The first-order valence-corrected chi connectivity index (χ1v) is 11.9. The number of hydrogen-bond donors (Lipinski definition) is 1. The van der Waals surface area contributed by atoms with Crippen molar-refractivity contribution in [3.63, 3.8) is 0 Å². The number of aliphatic imine (C=N–C) groups is 1. The van der Waals surface area contributed by atoms with Crippen LogP contribution < -0.4 is 15.9 Å². The van der Waals surface area contributed by atoms with Crippen molar-refractivity contribution in [2.75, 3.05) is 6.61 Å². The van der Waals surface area contributed by atoms with Gasteiger partial charge in [-0.1, -0.05) is 115 Å². The first kappa shape index (κ1) is 21.2. The number of benzene rings is 4. The maximum Gasteiger partial charge on any atom is 0.0770 e. The molecule has 4 rings (SSSR count). The molecule has 2 nitrogen and oxygen atoms in total. The van der Waals surface area contributed by atoms with E-state index >= 15 is 0 Å². The van der Waals surface area contributed by atoms with E-state index in [1.54, 1.807) is 0 Å². The average molecular weight is 423 g/mol. The van der Waals surface area contributed by atoms with Gasteiger partial charge in [0.05, 0.1) is 12.6 Å². The maximum atomic E-state index is 9.89. The Kier molecular flexibility index (Phi) is 7.39. The van der Waals surface area contributed by atoms with Crippen LogP contribution in [0.25, 0.3) is 0 Å². The van der Waals surface area contributed by atoms with Crippen LogP contribution in [0.3, 0.4) is 0 Å². The van der Waals surface area contributed by atoms with Crippen LogP contribution in [0.5, 0.6) is 0 Å². The highest BCUT2D eigenvalue weighted by Gasteiger charge is 2.18. The lowest BCUT2D eigenvalue weighted by Crippen LogP contribution is -2.23. The molecular formula is C28H26NOP. The molecule has 3 heteroatoms. The Morgan fingerprint density at radius 2 is 1.19 bits per heavy atom. The second-order valence-electron chi connectivity index (χ2n) is 7.37. The van der Waals surface area contributed by atoms with Crippen LogP contribution in [0.4, 0.5) is 0 Å². The summed E-state index contributed by atoms with van der Waals surface area (Å²) >= 11 is 0. The Labute approximate surface area is 185 Å². The van der Waals surface area contributed by atoms with Crippen molar-refractivity contribution in [2.24, 2.45) is 4.99 Å². The Bertz CT molecular complexity index is 1060. The monoisotopic (exact) mass is 423 g/mol. The minimum absolute atomic E-state index is 0.0275. The van der Waals surface area contributed by atoms with E-state index in [1.165, 1.54) is 21.5 Å². The molecule has 0 saturated heterocycles. The zero-order valence-corrected chi connectivity index (χ0v) is 18.3. The second kappa shape index (κ2) is 10.8. The number of rotatable bonds is 8. The number of nitrogens with zero attached hydrogens (tertiary/aromatic N) is 1. The van der Waals surface area contributed by atoms with Crippen LogP contribution in [0, 0.1) is 0 Å². The molecule has 1 N–H and O–H groups in total. The fourth-order valence-electron chi connectivity index (χ4n) is 3.62. The molecule has 31 heavy (non-hydrogen) atoms. The summed E-state index contributed by atoms with van der Waals surface area (Å²) in [6.07, 6.45) is 2.67. The van der Waals surface area contributed by atoms with E-state index in [4.69, 9.17) is 4.99 Å². The van der Waals surface area contributed by atoms with E-state index in [2.05, 4.69) is 97.1 Å². The van der Waals surface area contributed by atoms with Crippen molar-refractivity contribution in [1.29, 1.82) is 0 Å². The van der Waals surface area contributed by atoms with Gasteiger partial charge in [0.15, 0.2) is 0 Å². The fourth-order valence-corrected chi connectivity index (χ4v) is 6.04. The molecule has 0 aliphatic carbocycles. The summed E-state index contributed by atoms with van der Waals surface area (Å²) in [5, 5.41) is 13.8. The van der Waals surface area contributed by atoms with E-state index in [-0.39, 0.29) is 12.6 Å². The highest BCUT2D eigenvalue weighted by molar-refractivity contribution is 7.80. The smallest absolute Gasteiger partial charge is 0.0770 e. The van der Waals surface area contributed by atoms with Crippen molar-refractivity contribution in [3.8, 4) is 0 Å². The van der Waals surface area contributed by atoms with Crippen molar-refractivity contribution in [2.45, 2.75) is 12.5 Å². The average Bonchev–Trinajstić information content (AvgIpc) is 2.85. The van der Waals surface area contributed by atoms with E-state index in [9.17, 15) is 5.11 Å². The number of hydrogen-bond acceptors (Lipinski definition) is 2. The third-order valence-corrected chi connectivity index (χ3v) is 7.67. The predicted octanol–water partition coefficient (Wildman–Crippen LogP) is 4.47. The van der Waals surface area contributed by atoms with Crippen LogP contribution in [-0.2, 0) is 6.42 Å². The van der Waals surface area contributed by atoms with Gasteiger partial charge in [0.1, 0.15) is 0 Å². The van der Waals surface area contributed by atoms with Crippen molar-refractivity contribution >= 4 is 30.0 Å². The number of aliphatic hydroxyl groups is 1. The normalized spacial score (nSPS) is 12.3. The largest absolute Gasteiger partial charge is 0.394 e. The SMILES string of the molecule is OC[C@H](Cc1ccccc1)N=Cc1ccccc1P(c1ccccc1)c1ccccc1. The molecule has 0 saturated carbocycles. The van der Waals surface area contributed by atoms with Crippen molar-refractivity contribution < 1.29 is 5.11 Å². The Morgan fingerprint density at radius 3 is 1.77 bits per heavy atom. The maximum absolute atomic E-state index is 9.89. The summed E-state index contributed by atoms with van der Waals surface area (Å²) in [4.78, 5) is 4.77. The lowest BCUT2D eigenvalue weighted by atomic mass is 10.1. The van der Waals surface area contributed by atoms with Crippen LogP contribution in [0.2, 0.25) is 0 Å². The summed E-state index contributed by atoms with van der Waals surface area (Å²) in [7, 11) is -0.704. The Hall–Kier alpha value is -3.06. The van der Waals surface area contributed by atoms with Gasteiger partial charge in [-0.15, -0.1) is 0 Å². The summed E-state index contributed by atoms with van der Waals surface area (Å²) in [5.74, 6) is 0. The molecule has 0 aliphatic heterocycles. The zero-order chi connectivity index (χ0) is 21.3. The standard InChI is InChI=1S/C28H26NOP/c30-22-25(20-23-12-4-1-5-13-23)29-21-24-14-10-11-19-28(24)31(26-15-6-2-7-16-26)27-17-8-3-9-18-27/h1-19,21,25,30H,20,22H2/t25-/m0/s1. The van der Waals surface area contributed by atoms with Gasteiger partial charge in [0.2, 0.25) is 0 Å². The topological polar surface area (TPSA) is 32.6 Å². The van der Waals surface area contributed by atoms with E-state index in [1.807, 2.05) is 24.4 Å². The lowest BCUT2D eigenvalue weighted by molar-refractivity contribution is 0.266. The lowest BCUT2D eigenvalue weighted by Gasteiger charge is -2.21. The molecule has 0 heterocycles. The van der Waals surface area contributed by atoms with Gasteiger partial charge in [-0.3, -0.25) is 4.99 Å². The molecule has 0 spiro atoms. The molecule has 0 bridgehead atoms. The third kappa shape index (κ3) is 5.55. The van der Waals surface area contributed by atoms with Gasteiger partial charge < -0.3 is 5.11 Å². The first-order valence-electron chi connectivity index (χ1n) is 10.5. The van der Waals surface area contributed by atoms with Gasteiger partial charge in [-0.2, -0.15) is 0 Å². The van der Waals surface area contributed by atoms with E-state index in [0.717, 1.165) is 12.0 Å². The van der Waals surface area contributed by atoms with Gasteiger partial charge in [0.25, 0.3) is 0 Å². The molecule has 0 aliphatic rings. The summed E-state index contributed by atoms with van der Waals surface area (Å²) in [6, 6.07) is 39.9. The highest BCUT2D eigenvalue weighted by Crippen LogP contribution is 2.33. The molecule has 0 fully saturated rings. The van der Waals surface area contributed by atoms with E-state index < -0.39 is 7.92 Å². The minimum atomic E-state index is -0.704. The van der Waals surface area contributed by atoms with Crippen LogP contribution >= 0.6 is 7.92 Å². The van der Waals surface area contributed by atoms with Gasteiger partial charge in [-0.05, 0) is 35.8 Å². The second-order valence-corrected chi connectivity index (χ2v) is 9.56. The molecule has 1 atom stereocenters. The quantitative estimate of drug-likeness (QED) is 0.329. The molecular weight excluding hydrogens is 397 g/mol. The van der Waals surface area contributed by atoms with Crippen molar-refractivity contribution in [1.82, 2.24) is 0 Å². The molecule has 0 amide bonds. The molecule has 0 unspecified atom stereocenters. The molecule has 154 valence electrons. The summed E-state index contributed by atoms with van der Waals surface area (Å²) < 4.78 is 0. The third-order valence-electron chi connectivity index (χ3n) is 5.16. The van der Waals surface area contributed by atoms with Crippen LogP contribution in [0.1, 0.15) is 11.1 Å². The van der Waals surface area contributed by atoms with Crippen LogP contribution in [-0.4, -0.2) is 24.0 Å². The van der Waals surface area contributed by atoms with Gasteiger partial charge in [-0.25, -0.2) is 0 Å². The fraction of sp³-hybridized carbons (Fsp3) is 0.107. The van der Waals surface area contributed by atoms with Gasteiger partial charge in [0, 0.05) is 11.8 Å². The van der Waals surface area contributed by atoms with Crippen LogP contribution in [0.15, 0.2) is 120 Å². The minimum Gasteiger partial charge on any atom is -0.394 e. The molecule has 0 aromatic heterocycles. The summed E-state index contributed by atoms with van der Waals surface area (Å²) in [6.45, 7) is 0.0275. The zero-order valence-electron chi connectivity index (χ0n) is 17.4. The van der Waals surface area contributed by atoms with Crippen molar-refractivity contribution in [3.05, 3.63) is 126 Å². The Balaban J connectivity index is 1.68. The number of aliphatic hydroxyl groups excluding tert-OH is 1. The molecule has 0 radical (unpaired) electrons. The highest BCUT2D eigenvalue weighted by atomic mass is 31.1. The molecule has 4 aromatic carbocycles. The molecule has 4 aromatic rings. The Morgan fingerprint density at radius 1 is 0.677 bits per heavy atom. The van der Waals surface area contributed by atoms with E-state index in [0.29, 0.717) is 0 Å². The van der Waals surface area contributed by atoms with Gasteiger partial charge >= 0.3 is 0 Å². The first-order chi connectivity index (χ1) is 15.3.